The number of imide groups is 1. The van der Waals surface area contributed by atoms with Gasteiger partial charge in [-0.3, -0.25) is 14.5 Å². The van der Waals surface area contributed by atoms with E-state index in [0.29, 0.717) is 11.1 Å². The van der Waals surface area contributed by atoms with Gasteiger partial charge in [-0.1, -0.05) is 37.5 Å². The monoisotopic (exact) mass is 520 g/mol. The molecule has 4 bridgehead atoms. The summed E-state index contributed by atoms with van der Waals surface area (Å²) in [5.41, 5.74) is 4.13. The average Bonchev–Trinajstić information content (AvgIpc) is 3.37. The number of carbonyl (C=O) groups is 2. The Kier molecular flexibility index (Phi) is 5.88. The molecule has 0 radical (unpaired) electrons. The van der Waals surface area contributed by atoms with Crippen LogP contribution < -0.4 is 0 Å². The maximum atomic E-state index is 14.0. The van der Waals surface area contributed by atoms with Crippen molar-refractivity contribution in [2.24, 2.45) is 17.8 Å². The summed E-state index contributed by atoms with van der Waals surface area (Å²) >= 11 is 0. The van der Waals surface area contributed by atoms with Gasteiger partial charge in [-0.2, -0.15) is 10.4 Å². The molecule has 1 aromatic carbocycles. The second kappa shape index (κ2) is 9.33. The molecular formula is C33H36N4O2. The van der Waals surface area contributed by atoms with Crippen LogP contribution in [0, 0.1) is 29.1 Å². The molecule has 6 nitrogen and oxygen atoms in total. The number of nitriles is 1. The second-order valence-corrected chi connectivity index (χ2v) is 12.9. The Morgan fingerprint density at radius 2 is 1.59 bits per heavy atom. The van der Waals surface area contributed by atoms with Crippen LogP contribution >= 0.6 is 0 Å². The summed E-state index contributed by atoms with van der Waals surface area (Å²) in [7, 11) is 0. The molecule has 6 heteroatoms. The number of aromatic nitrogens is 2. The molecule has 8 rings (SSSR count). The number of para-hydroxylation sites is 1. The molecule has 0 N–H and O–H groups in total. The molecular weight excluding hydrogens is 484 g/mol. The molecule has 200 valence electrons. The van der Waals surface area contributed by atoms with Crippen LogP contribution in [-0.2, 0) is 15.0 Å². The van der Waals surface area contributed by atoms with Gasteiger partial charge < -0.3 is 0 Å². The summed E-state index contributed by atoms with van der Waals surface area (Å²) in [6, 6.07) is 12.2. The maximum Gasteiger partial charge on any atom is 0.271 e. The van der Waals surface area contributed by atoms with Crippen molar-refractivity contribution in [2.45, 2.75) is 89.0 Å². The lowest BCUT2D eigenvalue weighted by molar-refractivity contribution is -0.143. The van der Waals surface area contributed by atoms with Crippen LogP contribution in [0.25, 0.3) is 11.8 Å². The highest BCUT2D eigenvalue weighted by atomic mass is 16.2. The highest BCUT2D eigenvalue weighted by molar-refractivity contribution is 6.20. The number of hydrogen-bond donors (Lipinski definition) is 0. The quantitative estimate of drug-likeness (QED) is 0.352. The zero-order valence-electron chi connectivity index (χ0n) is 22.7. The number of amides is 2. The minimum atomic E-state index is -0.426. The second-order valence-electron chi connectivity index (χ2n) is 12.9. The van der Waals surface area contributed by atoms with E-state index in [1.54, 1.807) is 6.92 Å². The van der Waals surface area contributed by atoms with Crippen LogP contribution in [0.15, 0.2) is 53.2 Å². The molecule has 5 fully saturated rings. The molecule has 0 unspecified atom stereocenters. The molecule has 6 aliphatic rings. The summed E-state index contributed by atoms with van der Waals surface area (Å²) in [5.74, 6) is 1.61. The van der Waals surface area contributed by atoms with E-state index in [1.807, 2.05) is 29.0 Å². The number of rotatable bonds is 4. The van der Waals surface area contributed by atoms with Crippen LogP contribution in [0.4, 0.5) is 0 Å². The number of carbonyl (C=O) groups excluding carboxylic acids is 2. The van der Waals surface area contributed by atoms with E-state index in [0.717, 1.165) is 66.8 Å². The van der Waals surface area contributed by atoms with Gasteiger partial charge in [-0.25, -0.2) is 4.68 Å². The van der Waals surface area contributed by atoms with Crippen LogP contribution in [0.2, 0.25) is 0 Å². The third-order valence-corrected chi connectivity index (χ3v) is 10.3. The van der Waals surface area contributed by atoms with Crippen LogP contribution in [0.1, 0.15) is 88.8 Å². The first-order valence-electron chi connectivity index (χ1n) is 14.8. The lowest BCUT2D eigenvalue weighted by Gasteiger charge is -2.56. The van der Waals surface area contributed by atoms with Gasteiger partial charge in [0.25, 0.3) is 11.8 Å². The molecule has 1 aliphatic heterocycles. The van der Waals surface area contributed by atoms with E-state index in [4.69, 9.17) is 5.10 Å². The number of hydrogen-bond acceptors (Lipinski definition) is 4. The zero-order chi connectivity index (χ0) is 26.7. The SMILES string of the molecule is CC1=C(C#N)C(=O)N(C2CCCCC2)C(=O)/C1=C/c1cn(-c2ccccc2)nc1C12CC3CC(CC(C3)C1)C2. The largest absolute Gasteiger partial charge is 0.271 e. The normalized spacial score (nSPS) is 31.8. The molecule has 2 heterocycles. The first kappa shape index (κ1) is 24.6. The Morgan fingerprint density at radius 1 is 0.949 bits per heavy atom. The minimum absolute atomic E-state index is 0.0352. The van der Waals surface area contributed by atoms with Crippen molar-refractivity contribution in [3.63, 3.8) is 0 Å². The maximum absolute atomic E-state index is 14.0. The highest BCUT2D eigenvalue weighted by Crippen LogP contribution is 2.61. The molecule has 0 saturated heterocycles. The molecule has 1 aromatic heterocycles. The van der Waals surface area contributed by atoms with Gasteiger partial charge in [-0.15, -0.1) is 0 Å². The standard InChI is InChI=1S/C33H36N4O2/c1-21-28(31(38)37(32(39)29(21)19-34)27-10-6-3-7-11-27)15-25-20-36(26-8-4-2-5-9-26)35-30(25)33-16-22-12-23(17-33)14-24(13-22)18-33/h2,4-5,8-9,15,20,22-24,27H,3,6-7,10-14,16-18H2,1H3/b28-15+. The fourth-order valence-electron chi connectivity index (χ4n) is 8.94. The summed E-state index contributed by atoms with van der Waals surface area (Å²) in [6.45, 7) is 1.75. The van der Waals surface area contributed by atoms with E-state index in [1.165, 1.54) is 43.4 Å². The number of benzene rings is 1. The van der Waals surface area contributed by atoms with Gasteiger partial charge in [0, 0.05) is 28.8 Å². The van der Waals surface area contributed by atoms with Crippen molar-refractivity contribution < 1.29 is 9.59 Å². The summed E-state index contributed by atoms with van der Waals surface area (Å²) < 4.78 is 1.96. The Hall–Kier alpha value is -3.46. The Labute approximate surface area is 230 Å². The first-order valence-corrected chi connectivity index (χ1v) is 14.8. The third-order valence-electron chi connectivity index (χ3n) is 10.3. The molecule has 2 amide bonds. The van der Waals surface area contributed by atoms with Gasteiger partial charge in [0.15, 0.2) is 0 Å². The van der Waals surface area contributed by atoms with Crippen molar-refractivity contribution in [3.05, 3.63) is 64.5 Å². The van der Waals surface area contributed by atoms with Gasteiger partial charge in [0.1, 0.15) is 11.6 Å². The Morgan fingerprint density at radius 3 is 2.21 bits per heavy atom. The average molecular weight is 521 g/mol. The van der Waals surface area contributed by atoms with Crippen LogP contribution in [0.3, 0.4) is 0 Å². The molecule has 5 saturated carbocycles. The van der Waals surface area contributed by atoms with Crippen molar-refractivity contribution in [3.8, 4) is 11.8 Å². The van der Waals surface area contributed by atoms with Crippen LogP contribution in [-0.4, -0.2) is 32.5 Å². The fraction of sp³-hybridized carbons (Fsp3) is 0.515. The summed E-state index contributed by atoms with van der Waals surface area (Å²) in [5, 5.41) is 15.2. The molecule has 39 heavy (non-hydrogen) atoms. The van der Waals surface area contributed by atoms with Crippen molar-refractivity contribution >= 4 is 17.9 Å². The number of nitrogens with zero attached hydrogens (tertiary/aromatic N) is 4. The van der Waals surface area contributed by atoms with Crippen molar-refractivity contribution in [1.29, 1.82) is 5.26 Å². The zero-order valence-corrected chi connectivity index (χ0v) is 22.7. The topological polar surface area (TPSA) is 79.0 Å². The molecule has 0 atom stereocenters. The van der Waals surface area contributed by atoms with Gasteiger partial charge in [-0.05, 0) is 99.8 Å². The van der Waals surface area contributed by atoms with E-state index >= 15 is 0 Å². The Balaban J connectivity index is 1.37. The Bertz CT molecular complexity index is 1400. The lowest BCUT2D eigenvalue weighted by Crippen LogP contribution is -2.49. The fourth-order valence-corrected chi connectivity index (χ4v) is 8.94. The lowest BCUT2D eigenvalue weighted by atomic mass is 9.48. The molecule has 0 spiro atoms. The van der Waals surface area contributed by atoms with E-state index < -0.39 is 5.91 Å². The third kappa shape index (κ3) is 4.01. The van der Waals surface area contributed by atoms with E-state index in [2.05, 4.69) is 24.4 Å². The smallest absolute Gasteiger partial charge is 0.271 e. The highest BCUT2D eigenvalue weighted by Gasteiger charge is 2.53. The molecule has 5 aliphatic carbocycles. The predicted molar refractivity (Wildman–Crippen MR) is 148 cm³/mol. The van der Waals surface area contributed by atoms with Gasteiger partial charge >= 0.3 is 0 Å². The van der Waals surface area contributed by atoms with Gasteiger partial charge in [0.2, 0.25) is 0 Å². The molecule has 2 aromatic rings. The van der Waals surface area contributed by atoms with E-state index in [9.17, 15) is 14.9 Å². The van der Waals surface area contributed by atoms with Gasteiger partial charge in [0.05, 0.1) is 11.4 Å². The summed E-state index contributed by atoms with van der Waals surface area (Å²) in [6.07, 6.45) is 16.3. The van der Waals surface area contributed by atoms with Crippen LogP contribution in [0.5, 0.6) is 0 Å². The minimum Gasteiger partial charge on any atom is -0.271 e. The summed E-state index contributed by atoms with van der Waals surface area (Å²) in [4.78, 5) is 28.8. The predicted octanol–water partition coefficient (Wildman–Crippen LogP) is 6.27. The van der Waals surface area contributed by atoms with Crippen molar-refractivity contribution in [2.75, 3.05) is 0 Å². The first-order chi connectivity index (χ1) is 19.0. The van der Waals surface area contributed by atoms with Crippen molar-refractivity contribution in [1.82, 2.24) is 14.7 Å². The van der Waals surface area contributed by atoms with E-state index in [-0.39, 0.29) is 22.9 Å².